The van der Waals surface area contributed by atoms with Gasteiger partial charge in [0.25, 0.3) is 5.91 Å². The van der Waals surface area contributed by atoms with Crippen LogP contribution in [0.4, 0.5) is 5.69 Å². The van der Waals surface area contributed by atoms with Gasteiger partial charge in [-0.2, -0.15) is 0 Å². The molecule has 0 atom stereocenters. The van der Waals surface area contributed by atoms with E-state index < -0.39 is 9.84 Å². The Hall–Kier alpha value is -2.83. The number of nitrogens with one attached hydrogen (secondary N) is 1. The number of halogens is 1. The minimum Gasteiger partial charge on any atom is -0.494 e. The van der Waals surface area contributed by atoms with Crippen molar-refractivity contribution in [2.75, 3.05) is 11.9 Å². The molecular weight excluding hydrogens is 398 g/mol. The molecule has 0 aromatic heterocycles. The Morgan fingerprint density at radius 1 is 0.893 bits per heavy atom. The highest BCUT2D eigenvalue weighted by Gasteiger charge is 2.17. The maximum Gasteiger partial charge on any atom is 0.255 e. The summed E-state index contributed by atoms with van der Waals surface area (Å²) in [6, 6.07) is 18.8. The van der Waals surface area contributed by atoms with Crippen molar-refractivity contribution in [2.24, 2.45) is 0 Å². The summed E-state index contributed by atoms with van der Waals surface area (Å²) in [5.41, 5.74) is 0.968. The highest BCUT2D eigenvalue weighted by molar-refractivity contribution is 7.91. The molecule has 3 rings (SSSR count). The zero-order valence-corrected chi connectivity index (χ0v) is 16.6. The first-order valence-corrected chi connectivity index (χ1v) is 10.4. The fourth-order valence-electron chi connectivity index (χ4n) is 2.54. The smallest absolute Gasteiger partial charge is 0.255 e. The zero-order chi connectivity index (χ0) is 20.1. The van der Waals surface area contributed by atoms with Gasteiger partial charge in [-0.25, -0.2) is 8.42 Å². The third kappa shape index (κ3) is 4.52. The SMILES string of the molecule is CCOc1ccc(C(=O)Nc2ccc(S(=O)(=O)c3ccc(Cl)cc3)cc2)cc1. The highest BCUT2D eigenvalue weighted by atomic mass is 35.5. The number of benzene rings is 3. The molecule has 0 aliphatic heterocycles. The first-order chi connectivity index (χ1) is 13.4. The van der Waals surface area contributed by atoms with Crippen LogP contribution in [0.5, 0.6) is 5.75 Å². The number of hydrogen-bond donors (Lipinski definition) is 1. The van der Waals surface area contributed by atoms with Crippen LogP contribution < -0.4 is 10.1 Å². The van der Waals surface area contributed by atoms with E-state index in [1.165, 1.54) is 36.4 Å². The number of carbonyl (C=O) groups excluding carboxylic acids is 1. The minimum absolute atomic E-state index is 0.133. The van der Waals surface area contributed by atoms with E-state index in [2.05, 4.69) is 5.32 Å². The summed E-state index contributed by atoms with van der Waals surface area (Å²) in [4.78, 5) is 12.6. The topological polar surface area (TPSA) is 72.5 Å². The quantitative estimate of drug-likeness (QED) is 0.626. The number of carbonyl (C=O) groups is 1. The van der Waals surface area contributed by atoms with Gasteiger partial charge in [0.05, 0.1) is 16.4 Å². The molecule has 144 valence electrons. The Labute approximate surface area is 168 Å². The molecule has 5 nitrogen and oxygen atoms in total. The number of sulfone groups is 1. The van der Waals surface area contributed by atoms with Gasteiger partial charge in [-0.15, -0.1) is 0 Å². The lowest BCUT2D eigenvalue weighted by Crippen LogP contribution is -2.12. The van der Waals surface area contributed by atoms with Crippen LogP contribution in [-0.4, -0.2) is 20.9 Å². The van der Waals surface area contributed by atoms with Crippen LogP contribution >= 0.6 is 11.6 Å². The van der Waals surface area contributed by atoms with Crippen molar-refractivity contribution in [3.05, 3.63) is 83.4 Å². The van der Waals surface area contributed by atoms with E-state index in [1.54, 1.807) is 36.4 Å². The summed E-state index contributed by atoms with van der Waals surface area (Å²) in [7, 11) is -3.65. The van der Waals surface area contributed by atoms with Crippen molar-refractivity contribution < 1.29 is 17.9 Å². The van der Waals surface area contributed by atoms with Gasteiger partial charge < -0.3 is 10.1 Å². The highest BCUT2D eigenvalue weighted by Crippen LogP contribution is 2.24. The molecule has 0 fully saturated rings. The van der Waals surface area contributed by atoms with Gasteiger partial charge in [-0.3, -0.25) is 4.79 Å². The summed E-state index contributed by atoms with van der Waals surface area (Å²) in [6.45, 7) is 2.44. The van der Waals surface area contributed by atoms with Gasteiger partial charge >= 0.3 is 0 Å². The predicted octanol–water partition coefficient (Wildman–Crippen LogP) is 4.82. The predicted molar refractivity (Wildman–Crippen MR) is 109 cm³/mol. The van der Waals surface area contributed by atoms with E-state index in [0.29, 0.717) is 28.6 Å². The molecule has 0 aliphatic carbocycles. The summed E-state index contributed by atoms with van der Waals surface area (Å²) < 4.78 is 30.6. The molecule has 7 heteroatoms. The Morgan fingerprint density at radius 2 is 1.43 bits per heavy atom. The van der Waals surface area contributed by atoms with Crippen LogP contribution in [0, 0.1) is 0 Å². The number of anilines is 1. The molecule has 0 saturated carbocycles. The fraction of sp³-hybridized carbons (Fsp3) is 0.0952. The van der Waals surface area contributed by atoms with E-state index >= 15 is 0 Å². The number of ether oxygens (including phenoxy) is 1. The molecule has 1 N–H and O–H groups in total. The normalized spacial score (nSPS) is 11.1. The second-order valence-corrected chi connectivity index (χ2v) is 8.28. The van der Waals surface area contributed by atoms with Gasteiger partial charge in [0.2, 0.25) is 9.84 Å². The van der Waals surface area contributed by atoms with E-state index in [1.807, 2.05) is 6.92 Å². The molecule has 1 amide bonds. The average Bonchev–Trinajstić information content (AvgIpc) is 2.69. The standard InChI is InChI=1S/C21H18ClNO4S/c1-2-27-18-9-3-15(4-10-18)21(24)23-17-7-13-20(14-8-17)28(25,26)19-11-5-16(22)6-12-19/h3-14H,2H2,1H3,(H,23,24). The van der Waals surface area contributed by atoms with Crippen molar-refractivity contribution in [3.8, 4) is 5.75 Å². The van der Waals surface area contributed by atoms with Gasteiger partial charge in [-0.1, -0.05) is 11.6 Å². The summed E-state index contributed by atoms with van der Waals surface area (Å²) in [5, 5.41) is 3.21. The molecule has 0 unspecified atom stereocenters. The van der Waals surface area contributed by atoms with E-state index in [0.717, 1.165) is 0 Å². The molecule has 0 spiro atoms. The molecular formula is C21H18ClNO4S. The number of rotatable bonds is 6. The molecule has 0 radical (unpaired) electrons. The van der Waals surface area contributed by atoms with Crippen LogP contribution in [0.15, 0.2) is 82.6 Å². The maximum absolute atomic E-state index is 12.6. The molecule has 0 heterocycles. The number of amides is 1. The van der Waals surface area contributed by atoms with E-state index in [-0.39, 0.29) is 15.7 Å². The minimum atomic E-state index is -3.65. The Kier molecular flexibility index (Phi) is 6.02. The number of hydrogen-bond acceptors (Lipinski definition) is 4. The molecule has 28 heavy (non-hydrogen) atoms. The van der Waals surface area contributed by atoms with Gasteiger partial charge in [0.1, 0.15) is 5.75 Å². The summed E-state index contributed by atoms with van der Waals surface area (Å²) in [6.07, 6.45) is 0. The molecule has 0 bridgehead atoms. The lowest BCUT2D eigenvalue weighted by molar-refractivity contribution is 0.102. The first-order valence-electron chi connectivity index (χ1n) is 8.55. The summed E-state index contributed by atoms with van der Waals surface area (Å²) in [5.74, 6) is 0.396. The van der Waals surface area contributed by atoms with Crippen molar-refractivity contribution in [2.45, 2.75) is 16.7 Å². The van der Waals surface area contributed by atoms with Crippen LogP contribution in [0.1, 0.15) is 17.3 Å². The molecule has 3 aromatic carbocycles. The van der Waals surface area contributed by atoms with Crippen molar-refractivity contribution in [1.82, 2.24) is 0 Å². The van der Waals surface area contributed by atoms with Gasteiger partial charge in [0, 0.05) is 16.3 Å². The maximum atomic E-state index is 12.6. The Morgan fingerprint density at radius 3 is 1.96 bits per heavy atom. The third-order valence-corrected chi connectivity index (χ3v) is 6.01. The molecule has 0 aliphatic rings. The zero-order valence-electron chi connectivity index (χ0n) is 15.1. The molecule has 0 saturated heterocycles. The Bertz CT molecular complexity index is 1060. The van der Waals surface area contributed by atoms with Crippen LogP contribution in [-0.2, 0) is 9.84 Å². The van der Waals surface area contributed by atoms with Gasteiger partial charge in [0.15, 0.2) is 0 Å². The lowest BCUT2D eigenvalue weighted by Gasteiger charge is -2.09. The van der Waals surface area contributed by atoms with Crippen LogP contribution in [0.25, 0.3) is 0 Å². The van der Waals surface area contributed by atoms with E-state index in [9.17, 15) is 13.2 Å². The summed E-state index contributed by atoms with van der Waals surface area (Å²) >= 11 is 5.81. The second-order valence-electron chi connectivity index (χ2n) is 5.89. The fourth-order valence-corrected chi connectivity index (χ4v) is 3.93. The first kappa shape index (κ1) is 19.9. The van der Waals surface area contributed by atoms with Crippen molar-refractivity contribution in [3.63, 3.8) is 0 Å². The second kappa shape index (κ2) is 8.46. The molecule has 3 aromatic rings. The monoisotopic (exact) mass is 415 g/mol. The lowest BCUT2D eigenvalue weighted by atomic mass is 10.2. The largest absolute Gasteiger partial charge is 0.494 e. The van der Waals surface area contributed by atoms with Crippen LogP contribution in [0.3, 0.4) is 0 Å². The van der Waals surface area contributed by atoms with E-state index in [4.69, 9.17) is 16.3 Å². The van der Waals surface area contributed by atoms with Crippen LogP contribution in [0.2, 0.25) is 5.02 Å². The average molecular weight is 416 g/mol. The Balaban J connectivity index is 1.73. The van der Waals surface area contributed by atoms with Gasteiger partial charge in [-0.05, 0) is 79.7 Å². The van der Waals surface area contributed by atoms with Crippen molar-refractivity contribution >= 4 is 33.0 Å². The van der Waals surface area contributed by atoms with Crippen molar-refractivity contribution in [1.29, 1.82) is 0 Å². The third-order valence-electron chi connectivity index (χ3n) is 3.97.